The quantitative estimate of drug-likeness (QED) is 0.916. The van der Waals surface area contributed by atoms with Gasteiger partial charge in [-0.3, -0.25) is 0 Å². The Hall–Kier alpha value is -0.920. The zero-order valence-corrected chi connectivity index (χ0v) is 13.2. The first kappa shape index (κ1) is 15.5. The SMILES string of the molecule is CN(Cc1ccc(Cl)cc1)S(=O)(=O)c1csc(CO)c1. The molecule has 0 unspecified atom stereocenters. The van der Waals surface area contributed by atoms with Gasteiger partial charge in [0, 0.05) is 28.9 Å². The third-order valence-corrected chi connectivity index (χ3v) is 5.92. The molecule has 108 valence electrons. The summed E-state index contributed by atoms with van der Waals surface area (Å²) in [7, 11) is -2.01. The Morgan fingerprint density at radius 1 is 1.30 bits per heavy atom. The molecule has 0 amide bonds. The van der Waals surface area contributed by atoms with Crippen LogP contribution in [0, 0.1) is 0 Å². The van der Waals surface area contributed by atoms with Gasteiger partial charge >= 0.3 is 0 Å². The van der Waals surface area contributed by atoms with E-state index in [0.717, 1.165) is 5.56 Å². The van der Waals surface area contributed by atoms with E-state index < -0.39 is 10.0 Å². The van der Waals surface area contributed by atoms with E-state index in [9.17, 15) is 8.42 Å². The number of hydrogen-bond donors (Lipinski definition) is 1. The molecule has 0 fully saturated rings. The maximum atomic E-state index is 12.4. The first-order valence-electron chi connectivity index (χ1n) is 5.82. The number of benzene rings is 1. The van der Waals surface area contributed by atoms with Crippen LogP contribution in [0.25, 0.3) is 0 Å². The van der Waals surface area contributed by atoms with Crippen LogP contribution in [0.4, 0.5) is 0 Å². The molecule has 2 rings (SSSR count). The van der Waals surface area contributed by atoms with E-state index in [1.807, 2.05) is 0 Å². The Morgan fingerprint density at radius 2 is 1.95 bits per heavy atom. The Kier molecular flexibility index (Phi) is 4.82. The van der Waals surface area contributed by atoms with Crippen LogP contribution in [0.5, 0.6) is 0 Å². The fourth-order valence-electron chi connectivity index (χ4n) is 1.69. The lowest BCUT2D eigenvalue weighted by Gasteiger charge is -2.16. The molecule has 7 heteroatoms. The Balaban J connectivity index is 2.18. The molecule has 0 radical (unpaired) electrons. The van der Waals surface area contributed by atoms with E-state index in [1.165, 1.54) is 28.8 Å². The van der Waals surface area contributed by atoms with Crippen molar-refractivity contribution < 1.29 is 13.5 Å². The highest BCUT2D eigenvalue weighted by Crippen LogP contribution is 2.23. The number of rotatable bonds is 5. The second-order valence-corrected chi connectivity index (χ2v) is 7.77. The van der Waals surface area contributed by atoms with Gasteiger partial charge in [0.25, 0.3) is 0 Å². The van der Waals surface area contributed by atoms with E-state index >= 15 is 0 Å². The highest BCUT2D eigenvalue weighted by atomic mass is 35.5. The largest absolute Gasteiger partial charge is 0.391 e. The number of nitrogens with zero attached hydrogens (tertiary/aromatic N) is 1. The van der Waals surface area contributed by atoms with Gasteiger partial charge in [0.05, 0.1) is 11.5 Å². The van der Waals surface area contributed by atoms with Crippen LogP contribution in [0.15, 0.2) is 40.6 Å². The molecule has 0 aliphatic heterocycles. The van der Waals surface area contributed by atoms with Crippen molar-refractivity contribution >= 4 is 33.0 Å². The van der Waals surface area contributed by atoms with Gasteiger partial charge in [0.1, 0.15) is 0 Å². The summed E-state index contributed by atoms with van der Waals surface area (Å²) in [4.78, 5) is 0.839. The molecule has 0 atom stereocenters. The molecule has 0 saturated carbocycles. The lowest BCUT2D eigenvalue weighted by atomic mass is 10.2. The summed E-state index contributed by atoms with van der Waals surface area (Å²) in [5, 5.41) is 11.2. The van der Waals surface area contributed by atoms with Gasteiger partial charge in [-0.05, 0) is 23.8 Å². The monoisotopic (exact) mass is 331 g/mol. The summed E-state index contributed by atoms with van der Waals surface area (Å²) >= 11 is 7.03. The number of sulfonamides is 1. The van der Waals surface area contributed by atoms with Crippen molar-refractivity contribution in [3.63, 3.8) is 0 Å². The van der Waals surface area contributed by atoms with E-state index in [4.69, 9.17) is 16.7 Å². The van der Waals surface area contributed by atoms with Crippen LogP contribution in [-0.2, 0) is 23.2 Å². The highest BCUT2D eigenvalue weighted by molar-refractivity contribution is 7.89. The lowest BCUT2D eigenvalue weighted by molar-refractivity contribution is 0.285. The van der Waals surface area contributed by atoms with Crippen LogP contribution in [0.1, 0.15) is 10.4 Å². The van der Waals surface area contributed by atoms with Crippen molar-refractivity contribution in [3.8, 4) is 0 Å². The van der Waals surface area contributed by atoms with Crippen LogP contribution in [0.3, 0.4) is 0 Å². The average Bonchev–Trinajstić information content (AvgIpc) is 2.90. The van der Waals surface area contributed by atoms with E-state index in [2.05, 4.69) is 0 Å². The maximum Gasteiger partial charge on any atom is 0.243 e. The standard InChI is InChI=1S/C13H14ClNO3S2/c1-15(7-10-2-4-11(14)5-3-10)20(17,18)13-6-12(8-16)19-9-13/h2-6,9,16H,7-8H2,1H3. The molecule has 0 bridgehead atoms. The number of hydrogen-bond acceptors (Lipinski definition) is 4. The third kappa shape index (κ3) is 3.39. The maximum absolute atomic E-state index is 12.4. The number of aliphatic hydroxyl groups is 1. The summed E-state index contributed by atoms with van der Waals surface area (Å²) in [6.07, 6.45) is 0. The van der Waals surface area contributed by atoms with Crippen molar-refractivity contribution in [2.45, 2.75) is 18.0 Å². The van der Waals surface area contributed by atoms with Gasteiger partial charge in [0.15, 0.2) is 0 Å². The summed E-state index contributed by atoms with van der Waals surface area (Å²) < 4.78 is 26.0. The number of halogens is 1. The van der Waals surface area contributed by atoms with Crippen molar-refractivity contribution in [1.82, 2.24) is 4.31 Å². The minimum Gasteiger partial charge on any atom is -0.391 e. The summed E-state index contributed by atoms with van der Waals surface area (Å²) in [6, 6.07) is 8.54. The van der Waals surface area contributed by atoms with Crippen LogP contribution >= 0.6 is 22.9 Å². The Bertz CT molecular complexity index is 680. The molecule has 20 heavy (non-hydrogen) atoms. The lowest BCUT2D eigenvalue weighted by Crippen LogP contribution is -2.26. The number of thiophene rings is 1. The van der Waals surface area contributed by atoms with Gasteiger partial charge in [-0.15, -0.1) is 11.3 Å². The van der Waals surface area contributed by atoms with Crippen LogP contribution in [-0.4, -0.2) is 24.9 Å². The Labute approximate surface area is 127 Å². The minimum atomic E-state index is -3.54. The molecule has 4 nitrogen and oxygen atoms in total. The molecular weight excluding hydrogens is 318 g/mol. The third-order valence-electron chi connectivity index (χ3n) is 2.81. The van der Waals surface area contributed by atoms with E-state index in [1.54, 1.807) is 29.6 Å². The van der Waals surface area contributed by atoms with Gasteiger partial charge in [0.2, 0.25) is 10.0 Å². The molecule has 0 aliphatic rings. The molecule has 0 aliphatic carbocycles. The zero-order valence-electron chi connectivity index (χ0n) is 10.8. The van der Waals surface area contributed by atoms with Crippen LogP contribution in [0.2, 0.25) is 5.02 Å². The predicted molar refractivity (Wildman–Crippen MR) is 80.3 cm³/mol. The van der Waals surface area contributed by atoms with Gasteiger partial charge in [-0.2, -0.15) is 4.31 Å². The summed E-state index contributed by atoms with van der Waals surface area (Å²) in [5.41, 5.74) is 0.859. The van der Waals surface area contributed by atoms with Crippen LogP contribution < -0.4 is 0 Å². The molecule has 1 aromatic carbocycles. The van der Waals surface area contributed by atoms with Crippen molar-refractivity contribution in [3.05, 3.63) is 51.2 Å². The smallest absolute Gasteiger partial charge is 0.243 e. The van der Waals surface area contributed by atoms with Crippen molar-refractivity contribution in [1.29, 1.82) is 0 Å². The topological polar surface area (TPSA) is 57.6 Å². The normalized spacial score (nSPS) is 12.0. The molecule has 1 aromatic heterocycles. The van der Waals surface area contributed by atoms with Gasteiger partial charge < -0.3 is 5.11 Å². The van der Waals surface area contributed by atoms with Crippen molar-refractivity contribution in [2.24, 2.45) is 0 Å². The second kappa shape index (κ2) is 6.24. The fourth-order valence-corrected chi connectivity index (χ4v) is 4.10. The molecule has 0 saturated heterocycles. The van der Waals surface area contributed by atoms with Crippen molar-refractivity contribution in [2.75, 3.05) is 7.05 Å². The van der Waals surface area contributed by atoms with E-state index in [0.29, 0.717) is 9.90 Å². The molecule has 1 heterocycles. The molecule has 2 aromatic rings. The first-order valence-corrected chi connectivity index (χ1v) is 8.52. The first-order chi connectivity index (χ1) is 9.43. The highest BCUT2D eigenvalue weighted by Gasteiger charge is 2.22. The summed E-state index contributed by atoms with van der Waals surface area (Å²) in [6.45, 7) is 0.116. The fraction of sp³-hybridized carbons (Fsp3) is 0.231. The second-order valence-electron chi connectivity index (χ2n) is 4.29. The molecular formula is C13H14ClNO3S2. The van der Waals surface area contributed by atoms with E-state index in [-0.39, 0.29) is 18.0 Å². The predicted octanol–water partition coefficient (Wildman–Crippen LogP) is 2.71. The number of aliphatic hydroxyl groups excluding tert-OH is 1. The van der Waals surface area contributed by atoms with Gasteiger partial charge in [-0.1, -0.05) is 23.7 Å². The molecule has 1 N–H and O–H groups in total. The molecule has 0 spiro atoms. The zero-order chi connectivity index (χ0) is 14.8. The average molecular weight is 332 g/mol. The van der Waals surface area contributed by atoms with Gasteiger partial charge in [-0.25, -0.2) is 8.42 Å². The minimum absolute atomic E-state index is 0.152. The Morgan fingerprint density at radius 3 is 2.50 bits per heavy atom. The summed E-state index contributed by atoms with van der Waals surface area (Å²) in [5.74, 6) is 0.